The molecule has 254 valence electrons. The molecule has 0 aliphatic carbocycles. The third-order valence-electron chi connectivity index (χ3n) is 10.3. The van der Waals surface area contributed by atoms with Crippen LogP contribution in [-0.2, 0) is 0 Å². The summed E-state index contributed by atoms with van der Waals surface area (Å²) in [6.45, 7) is 0. The highest BCUT2D eigenvalue weighted by molar-refractivity contribution is 7.25. The standard InChI is InChI=1S/C49H30N2O2S/c1-3-10-31(11-4-1)32-18-22-35(23-19-32)51(36-24-20-33(21-25-36)38-15-9-17-45-46(38)40-14-7-8-16-44(40)54-45)37-26-27-39-43(30-37)52-41-28-29-42-48(47(39)41)50-49(53-42)34-12-5-2-6-13-34/h1-30H. The van der Waals surface area contributed by atoms with E-state index in [4.69, 9.17) is 13.8 Å². The zero-order valence-corrected chi connectivity index (χ0v) is 29.8. The number of furan rings is 1. The summed E-state index contributed by atoms with van der Waals surface area (Å²) in [5, 5.41) is 4.57. The summed E-state index contributed by atoms with van der Waals surface area (Å²) in [6.07, 6.45) is 0. The number of rotatable bonds is 6. The van der Waals surface area contributed by atoms with Crippen LogP contribution in [0.5, 0.6) is 0 Å². The van der Waals surface area contributed by atoms with Crippen molar-refractivity contribution in [1.29, 1.82) is 0 Å². The van der Waals surface area contributed by atoms with Crippen LogP contribution in [0.4, 0.5) is 17.1 Å². The molecule has 0 saturated carbocycles. The number of thiophene rings is 1. The van der Waals surface area contributed by atoms with Crippen molar-refractivity contribution in [2.24, 2.45) is 0 Å². The van der Waals surface area contributed by atoms with Gasteiger partial charge in [0.25, 0.3) is 0 Å². The van der Waals surface area contributed by atoms with E-state index >= 15 is 0 Å². The monoisotopic (exact) mass is 710 g/mol. The fourth-order valence-electron chi connectivity index (χ4n) is 7.77. The van der Waals surface area contributed by atoms with Gasteiger partial charge in [-0.1, -0.05) is 103 Å². The summed E-state index contributed by atoms with van der Waals surface area (Å²) in [6, 6.07) is 63.9. The average Bonchev–Trinajstić information content (AvgIpc) is 3.95. The predicted octanol–water partition coefficient (Wildman–Crippen LogP) is 14.6. The molecule has 54 heavy (non-hydrogen) atoms. The van der Waals surface area contributed by atoms with Gasteiger partial charge >= 0.3 is 0 Å². The third kappa shape index (κ3) is 5.01. The Balaban J connectivity index is 1.04. The van der Waals surface area contributed by atoms with Gasteiger partial charge in [0.2, 0.25) is 5.89 Å². The highest BCUT2D eigenvalue weighted by Crippen LogP contribution is 2.43. The smallest absolute Gasteiger partial charge is 0.227 e. The quantitative estimate of drug-likeness (QED) is 0.172. The van der Waals surface area contributed by atoms with Gasteiger partial charge in [0.05, 0.1) is 5.39 Å². The number of hydrogen-bond acceptors (Lipinski definition) is 5. The summed E-state index contributed by atoms with van der Waals surface area (Å²) in [7, 11) is 0. The van der Waals surface area contributed by atoms with E-state index in [-0.39, 0.29) is 0 Å². The van der Waals surface area contributed by atoms with Crippen LogP contribution in [0.3, 0.4) is 0 Å². The molecule has 0 radical (unpaired) electrons. The predicted molar refractivity (Wildman–Crippen MR) is 225 cm³/mol. The Hall–Kier alpha value is -6.95. The second-order valence-electron chi connectivity index (χ2n) is 13.5. The highest BCUT2D eigenvalue weighted by atomic mass is 32.1. The van der Waals surface area contributed by atoms with Crippen LogP contribution in [0.15, 0.2) is 191 Å². The fraction of sp³-hybridized carbons (Fsp3) is 0. The van der Waals surface area contributed by atoms with Crippen molar-refractivity contribution in [2.45, 2.75) is 0 Å². The first-order valence-corrected chi connectivity index (χ1v) is 18.8. The largest absolute Gasteiger partial charge is 0.456 e. The second-order valence-corrected chi connectivity index (χ2v) is 14.6. The summed E-state index contributed by atoms with van der Waals surface area (Å²) >= 11 is 1.85. The maximum atomic E-state index is 6.55. The molecule has 0 aliphatic rings. The first-order valence-electron chi connectivity index (χ1n) is 18.0. The Bertz CT molecular complexity index is 3140. The maximum absolute atomic E-state index is 6.55. The molecule has 11 aromatic rings. The van der Waals surface area contributed by atoms with E-state index in [0.717, 1.165) is 55.7 Å². The second kappa shape index (κ2) is 12.3. The molecule has 0 N–H and O–H groups in total. The molecule has 0 saturated heterocycles. The minimum atomic E-state index is 0.598. The van der Waals surface area contributed by atoms with Gasteiger partial charge in [0, 0.05) is 54.3 Å². The first kappa shape index (κ1) is 30.7. The van der Waals surface area contributed by atoms with Crippen molar-refractivity contribution >= 4 is 81.6 Å². The summed E-state index contributed by atoms with van der Waals surface area (Å²) in [5.41, 5.74) is 11.9. The van der Waals surface area contributed by atoms with Gasteiger partial charge in [-0.15, -0.1) is 11.3 Å². The number of fused-ring (bicyclic) bond motifs is 8. The lowest BCUT2D eigenvalue weighted by molar-refractivity contribution is 0.619. The SMILES string of the molecule is c1ccc(-c2ccc(N(c3ccc(-c4cccc5sc6ccccc6c45)cc3)c3ccc4c(c3)oc3ccc5oc(-c6ccccc6)nc5c34)cc2)cc1. The molecular weight excluding hydrogens is 681 g/mol. The molecular formula is C49H30N2O2S. The minimum Gasteiger partial charge on any atom is -0.456 e. The molecule has 11 rings (SSSR count). The zero-order chi connectivity index (χ0) is 35.6. The number of nitrogens with zero attached hydrogens (tertiary/aromatic N) is 2. The van der Waals surface area contributed by atoms with Crippen LogP contribution >= 0.6 is 11.3 Å². The molecule has 8 aromatic carbocycles. The van der Waals surface area contributed by atoms with E-state index in [9.17, 15) is 0 Å². The van der Waals surface area contributed by atoms with Gasteiger partial charge in [0.15, 0.2) is 5.58 Å². The van der Waals surface area contributed by atoms with Crippen molar-refractivity contribution in [3.05, 3.63) is 182 Å². The lowest BCUT2D eigenvalue weighted by Gasteiger charge is -2.26. The molecule has 3 heterocycles. The van der Waals surface area contributed by atoms with Crippen LogP contribution in [0, 0.1) is 0 Å². The topological polar surface area (TPSA) is 42.4 Å². The molecule has 0 fully saturated rings. The van der Waals surface area contributed by atoms with E-state index in [0.29, 0.717) is 5.89 Å². The number of aromatic nitrogens is 1. The molecule has 4 nitrogen and oxygen atoms in total. The average molecular weight is 711 g/mol. The Morgan fingerprint density at radius 2 is 1.04 bits per heavy atom. The van der Waals surface area contributed by atoms with E-state index in [1.54, 1.807) is 0 Å². The van der Waals surface area contributed by atoms with Crippen molar-refractivity contribution in [1.82, 2.24) is 4.98 Å². The van der Waals surface area contributed by atoms with E-state index < -0.39 is 0 Å². The van der Waals surface area contributed by atoms with Crippen LogP contribution in [0.2, 0.25) is 0 Å². The van der Waals surface area contributed by atoms with Gasteiger partial charge in [-0.05, 0) is 95.1 Å². The van der Waals surface area contributed by atoms with Gasteiger partial charge in [-0.25, -0.2) is 4.98 Å². The molecule has 0 atom stereocenters. The van der Waals surface area contributed by atoms with Crippen molar-refractivity contribution < 1.29 is 8.83 Å². The summed E-state index contributed by atoms with van der Waals surface area (Å²) in [4.78, 5) is 7.24. The normalized spacial score (nSPS) is 11.7. The van der Waals surface area contributed by atoms with Crippen LogP contribution in [0.25, 0.3) is 86.9 Å². The number of oxazole rings is 1. The lowest BCUT2D eigenvalue weighted by Crippen LogP contribution is -2.09. The van der Waals surface area contributed by atoms with Gasteiger partial charge in [0.1, 0.15) is 16.7 Å². The summed E-state index contributed by atoms with van der Waals surface area (Å²) < 4.78 is 15.4. The van der Waals surface area contributed by atoms with Crippen LogP contribution in [-0.4, -0.2) is 4.98 Å². The molecule has 0 aliphatic heterocycles. The molecule has 5 heteroatoms. The van der Waals surface area contributed by atoms with Crippen LogP contribution < -0.4 is 4.90 Å². The van der Waals surface area contributed by atoms with Gasteiger partial charge < -0.3 is 13.7 Å². The van der Waals surface area contributed by atoms with Crippen LogP contribution in [0.1, 0.15) is 0 Å². The van der Waals surface area contributed by atoms with Crippen molar-refractivity contribution in [3.63, 3.8) is 0 Å². The Morgan fingerprint density at radius 3 is 1.81 bits per heavy atom. The lowest BCUT2D eigenvalue weighted by atomic mass is 9.99. The molecule has 3 aromatic heterocycles. The molecule has 0 unspecified atom stereocenters. The zero-order valence-electron chi connectivity index (χ0n) is 28.9. The molecule has 0 bridgehead atoms. The van der Waals surface area contributed by atoms with Crippen molar-refractivity contribution in [3.8, 4) is 33.7 Å². The van der Waals surface area contributed by atoms with Gasteiger partial charge in [-0.2, -0.15) is 0 Å². The van der Waals surface area contributed by atoms with E-state index in [1.807, 2.05) is 53.8 Å². The van der Waals surface area contributed by atoms with Gasteiger partial charge in [-0.3, -0.25) is 0 Å². The molecule has 0 amide bonds. The third-order valence-corrected chi connectivity index (χ3v) is 11.5. The van der Waals surface area contributed by atoms with E-state index in [1.165, 1.54) is 42.4 Å². The first-order chi connectivity index (χ1) is 26.7. The summed E-state index contributed by atoms with van der Waals surface area (Å²) in [5.74, 6) is 0.598. The highest BCUT2D eigenvalue weighted by Gasteiger charge is 2.20. The van der Waals surface area contributed by atoms with Crippen molar-refractivity contribution in [2.75, 3.05) is 4.90 Å². The Morgan fingerprint density at radius 1 is 0.407 bits per heavy atom. The number of benzene rings is 8. The van der Waals surface area contributed by atoms with E-state index in [2.05, 4.69) is 144 Å². The Kier molecular flexibility index (Phi) is 7.00. The Labute approximate surface area is 314 Å². The maximum Gasteiger partial charge on any atom is 0.227 e. The minimum absolute atomic E-state index is 0.598. The molecule has 0 spiro atoms. The number of anilines is 3. The fourth-order valence-corrected chi connectivity index (χ4v) is 8.90. The number of hydrogen-bond donors (Lipinski definition) is 0.